The summed E-state index contributed by atoms with van der Waals surface area (Å²) < 4.78 is 40.7. The van der Waals surface area contributed by atoms with Crippen LogP contribution in [0.3, 0.4) is 0 Å². The van der Waals surface area contributed by atoms with Crippen molar-refractivity contribution in [1.29, 1.82) is 0 Å². The predicted octanol–water partition coefficient (Wildman–Crippen LogP) is 3.19. The molecule has 0 spiro atoms. The number of hydrogen-bond acceptors (Lipinski definition) is 9. The van der Waals surface area contributed by atoms with Crippen LogP contribution in [0.5, 0.6) is 0 Å². The minimum Gasteiger partial charge on any atom is -0.367 e. The van der Waals surface area contributed by atoms with E-state index in [4.69, 9.17) is 10.9 Å². The van der Waals surface area contributed by atoms with E-state index >= 15 is 0 Å². The molecule has 2 aromatic rings. The quantitative estimate of drug-likeness (QED) is 0.289. The first kappa shape index (κ1) is 29.5. The number of benzene rings is 1. The van der Waals surface area contributed by atoms with Crippen LogP contribution >= 0.6 is 0 Å². The molecule has 2 amide bonds. The third kappa shape index (κ3) is 6.48. The minimum atomic E-state index is -4.77. The number of piperazine rings is 1. The largest absolute Gasteiger partial charge is 0.416 e. The van der Waals surface area contributed by atoms with E-state index in [0.717, 1.165) is 0 Å². The molecular weight excluding hydrogens is 543 g/mol. The van der Waals surface area contributed by atoms with Crippen LogP contribution in [0.2, 0.25) is 0 Å². The fraction of sp³-hybridized carbons (Fsp3) is 0.370. The van der Waals surface area contributed by atoms with Crippen molar-refractivity contribution in [2.45, 2.75) is 32.9 Å². The molecule has 11 nitrogen and oxygen atoms in total. The molecule has 5 N–H and O–H groups in total. The number of allylic oxidation sites excluding steroid dienone is 3. The Morgan fingerprint density at radius 3 is 2.24 bits per heavy atom. The van der Waals surface area contributed by atoms with Crippen molar-refractivity contribution in [2.24, 2.45) is 11.1 Å². The molecule has 1 aromatic heterocycles. The molecule has 2 aliphatic rings. The Morgan fingerprint density at radius 1 is 1.07 bits per heavy atom. The number of nitrogens with zero attached hydrogens (tertiary/aromatic N) is 4. The molecule has 1 aliphatic carbocycles. The van der Waals surface area contributed by atoms with E-state index < -0.39 is 40.3 Å². The zero-order valence-electron chi connectivity index (χ0n) is 22.5. The van der Waals surface area contributed by atoms with Crippen LogP contribution in [0, 0.1) is 5.41 Å². The van der Waals surface area contributed by atoms with Crippen molar-refractivity contribution < 1.29 is 32.8 Å². The molecule has 0 atom stereocenters. The topological polar surface area (TPSA) is 154 Å². The Balaban J connectivity index is 1.59. The molecule has 1 aromatic carbocycles. The van der Waals surface area contributed by atoms with Gasteiger partial charge in [0, 0.05) is 62.0 Å². The normalized spacial score (nSPS) is 17.4. The number of hydroxylamine groups is 1. The lowest BCUT2D eigenvalue weighted by atomic mass is 9.74. The predicted molar refractivity (Wildman–Crippen MR) is 145 cm³/mol. The summed E-state index contributed by atoms with van der Waals surface area (Å²) in [6.07, 6.45) is -2.05. The molecule has 4 rings (SSSR count). The van der Waals surface area contributed by atoms with Crippen molar-refractivity contribution in [3.63, 3.8) is 0 Å². The van der Waals surface area contributed by atoms with Crippen LogP contribution < -0.4 is 26.3 Å². The fourth-order valence-corrected chi connectivity index (χ4v) is 4.99. The number of anilines is 3. The van der Waals surface area contributed by atoms with Gasteiger partial charge in [0.1, 0.15) is 0 Å². The van der Waals surface area contributed by atoms with Crippen LogP contribution in [0.25, 0.3) is 0 Å². The summed E-state index contributed by atoms with van der Waals surface area (Å²) in [5.41, 5.74) is 6.23. The first-order valence-electron chi connectivity index (χ1n) is 12.7. The number of rotatable bonds is 7. The van der Waals surface area contributed by atoms with Crippen molar-refractivity contribution >= 4 is 34.9 Å². The Bertz CT molecular complexity index is 1410. The average molecular weight is 574 g/mol. The van der Waals surface area contributed by atoms with Crippen molar-refractivity contribution in [3.8, 4) is 0 Å². The van der Waals surface area contributed by atoms with Crippen LogP contribution in [0.1, 0.15) is 47.4 Å². The molecule has 218 valence electrons. The molecule has 2 heterocycles. The number of nitrogens with one attached hydrogen (secondary N) is 2. The molecule has 0 saturated carbocycles. The van der Waals surface area contributed by atoms with E-state index in [0.29, 0.717) is 43.5 Å². The summed E-state index contributed by atoms with van der Waals surface area (Å²) in [7, 11) is 0. The second-order valence-electron chi connectivity index (χ2n) is 10.7. The maximum atomic E-state index is 13.6. The van der Waals surface area contributed by atoms with Gasteiger partial charge in [0.25, 0.3) is 11.8 Å². The van der Waals surface area contributed by atoms with Gasteiger partial charge in [0.2, 0.25) is 5.95 Å². The van der Waals surface area contributed by atoms with Crippen LogP contribution in [0.4, 0.5) is 30.5 Å². The van der Waals surface area contributed by atoms with E-state index in [9.17, 15) is 27.6 Å². The zero-order valence-corrected chi connectivity index (χ0v) is 22.5. The summed E-state index contributed by atoms with van der Waals surface area (Å²) in [6, 6.07) is 4.65. The van der Waals surface area contributed by atoms with Gasteiger partial charge in [-0.3, -0.25) is 19.6 Å². The van der Waals surface area contributed by atoms with Gasteiger partial charge >= 0.3 is 6.18 Å². The standard InChI is InChI=1S/C27H30F3N7O4/c1-15(27(28,29)30)22-19(11-26(2,3)12-21(22)38)34-17-4-5-18(23(31)39)20(10-17)36-6-8-37(9-7-36)25-32-13-16(14-33-25)24(40)35-41/h4-5,10,13-14,34,41H,1,6-9,11-12H2,2-3H3,(H2,31,39)(H,35,40). The summed E-state index contributed by atoms with van der Waals surface area (Å²) in [6.45, 7) is 8.52. The van der Waals surface area contributed by atoms with Crippen LogP contribution in [0.15, 0.2) is 54.0 Å². The summed E-state index contributed by atoms with van der Waals surface area (Å²) in [4.78, 5) is 48.7. The Hall–Kier alpha value is -4.46. The third-order valence-electron chi connectivity index (χ3n) is 6.98. The highest BCUT2D eigenvalue weighted by Gasteiger charge is 2.42. The lowest BCUT2D eigenvalue weighted by Gasteiger charge is -2.37. The number of Topliss-reactive ketones (excluding diaryl/α,β-unsaturated/α-hetero) is 1. The number of halogens is 3. The van der Waals surface area contributed by atoms with Crippen molar-refractivity contribution in [1.82, 2.24) is 15.4 Å². The molecule has 0 unspecified atom stereocenters. The van der Waals surface area contributed by atoms with Crippen molar-refractivity contribution in [3.05, 3.63) is 65.1 Å². The van der Waals surface area contributed by atoms with Gasteiger partial charge in [0.15, 0.2) is 5.78 Å². The Kier molecular flexibility index (Phi) is 8.06. The molecule has 1 fully saturated rings. The molecule has 0 radical (unpaired) electrons. The van der Waals surface area contributed by atoms with Gasteiger partial charge in [-0.05, 0) is 30.0 Å². The molecule has 14 heteroatoms. The number of aromatic nitrogens is 2. The van der Waals surface area contributed by atoms with Gasteiger partial charge in [-0.1, -0.05) is 20.4 Å². The number of nitrogens with two attached hydrogens (primary N) is 1. The highest BCUT2D eigenvalue weighted by molar-refractivity contribution is 6.03. The average Bonchev–Trinajstić information content (AvgIpc) is 2.91. The van der Waals surface area contributed by atoms with Crippen LogP contribution in [-0.2, 0) is 4.79 Å². The smallest absolute Gasteiger partial charge is 0.367 e. The van der Waals surface area contributed by atoms with Gasteiger partial charge < -0.3 is 20.9 Å². The van der Waals surface area contributed by atoms with Gasteiger partial charge in [-0.2, -0.15) is 13.2 Å². The SMILES string of the molecule is C=C(C1=C(Nc2ccc(C(N)=O)c(N3CCN(c4ncc(C(=O)NO)cn4)CC3)c2)CC(C)(C)CC1=O)C(F)(F)F. The van der Waals surface area contributed by atoms with E-state index in [-0.39, 0.29) is 29.7 Å². The fourth-order valence-electron chi connectivity index (χ4n) is 4.99. The monoisotopic (exact) mass is 573 g/mol. The van der Waals surface area contributed by atoms with E-state index in [1.807, 2.05) is 9.80 Å². The molecule has 1 saturated heterocycles. The first-order valence-corrected chi connectivity index (χ1v) is 12.7. The maximum Gasteiger partial charge on any atom is 0.416 e. The van der Waals surface area contributed by atoms with Gasteiger partial charge in [0.05, 0.1) is 22.4 Å². The lowest BCUT2D eigenvalue weighted by molar-refractivity contribution is -0.120. The second-order valence-corrected chi connectivity index (χ2v) is 10.7. The summed E-state index contributed by atoms with van der Waals surface area (Å²) in [5, 5.41) is 11.8. The molecule has 0 bridgehead atoms. The molecular formula is C27H30F3N7O4. The van der Waals surface area contributed by atoms with E-state index in [1.165, 1.54) is 30.0 Å². The van der Waals surface area contributed by atoms with Crippen LogP contribution in [-0.4, -0.2) is 65.1 Å². The van der Waals surface area contributed by atoms with E-state index in [1.54, 1.807) is 19.9 Å². The number of carbonyl (C=O) groups is 3. The Morgan fingerprint density at radius 2 is 1.68 bits per heavy atom. The highest BCUT2D eigenvalue weighted by Crippen LogP contribution is 2.43. The zero-order chi connectivity index (χ0) is 30.1. The molecule has 41 heavy (non-hydrogen) atoms. The number of primary amides is 1. The first-order chi connectivity index (χ1) is 19.2. The minimum absolute atomic E-state index is 0.0418. The molecule has 1 aliphatic heterocycles. The third-order valence-corrected chi connectivity index (χ3v) is 6.98. The van der Waals surface area contributed by atoms with Gasteiger partial charge in [-0.15, -0.1) is 0 Å². The second kappa shape index (κ2) is 11.2. The number of hydrogen-bond donors (Lipinski definition) is 4. The van der Waals surface area contributed by atoms with E-state index in [2.05, 4.69) is 21.9 Å². The summed E-state index contributed by atoms with van der Waals surface area (Å²) in [5.74, 6) is -1.67. The number of ketones is 1. The number of amides is 2. The highest BCUT2D eigenvalue weighted by atomic mass is 19.4. The Labute approximate surface area is 233 Å². The number of alkyl halides is 3. The van der Waals surface area contributed by atoms with Crippen molar-refractivity contribution in [2.75, 3.05) is 41.3 Å². The van der Waals surface area contributed by atoms with Gasteiger partial charge in [-0.25, -0.2) is 15.4 Å². The lowest BCUT2D eigenvalue weighted by Crippen LogP contribution is -2.47. The summed E-state index contributed by atoms with van der Waals surface area (Å²) >= 11 is 0. The maximum absolute atomic E-state index is 13.6. The number of carbonyl (C=O) groups excluding carboxylic acids is 3.